The lowest BCUT2D eigenvalue weighted by Crippen LogP contribution is -2.52. The van der Waals surface area contributed by atoms with Crippen LogP contribution >= 0.6 is 0 Å². The Balaban J connectivity index is 1.61. The molecule has 1 fully saturated rings. The van der Waals surface area contributed by atoms with Gasteiger partial charge >= 0.3 is 6.18 Å². The van der Waals surface area contributed by atoms with Gasteiger partial charge in [0.2, 0.25) is 0 Å². The molecule has 0 unspecified atom stereocenters. The number of benzene rings is 1. The number of rotatable bonds is 5. The summed E-state index contributed by atoms with van der Waals surface area (Å²) < 4.78 is 44.2. The summed E-state index contributed by atoms with van der Waals surface area (Å²) in [4.78, 5) is 8.87. The molecule has 3 rings (SSSR count). The van der Waals surface area contributed by atoms with E-state index in [0.717, 1.165) is 42.0 Å². The molecule has 0 bridgehead atoms. The van der Waals surface area contributed by atoms with E-state index in [1.54, 1.807) is 6.07 Å². The van der Waals surface area contributed by atoms with Crippen molar-refractivity contribution in [2.45, 2.75) is 33.4 Å². The van der Waals surface area contributed by atoms with E-state index in [-0.39, 0.29) is 0 Å². The molecule has 1 aliphatic heterocycles. The van der Waals surface area contributed by atoms with Gasteiger partial charge in [0.05, 0.1) is 11.3 Å². The number of anilines is 1. The molecule has 6 nitrogen and oxygen atoms in total. The predicted molar refractivity (Wildman–Crippen MR) is 111 cm³/mol. The Morgan fingerprint density at radius 1 is 1.20 bits per heavy atom. The zero-order chi connectivity index (χ0) is 21.7. The zero-order valence-corrected chi connectivity index (χ0v) is 17.6. The van der Waals surface area contributed by atoms with Gasteiger partial charge in [0, 0.05) is 50.5 Å². The zero-order valence-electron chi connectivity index (χ0n) is 17.6. The van der Waals surface area contributed by atoms with Crippen molar-refractivity contribution in [2.24, 2.45) is 4.99 Å². The molecule has 1 aromatic carbocycles. The van der Waals surface area contributed by atoms with Crippen molar-refractivity contribution in [3.8, 4) is 0 Å². The smallest absolute Gasteiger partial charge is 0.368 e. The Hall–Kier alpha value is -2.71. The number of halogens is 3. The summed E-state index contributed by atoms with van der Waals surface area (Å²) in [6.07, 6.45) is -3.58. The molecular weight excluding hydrogens is 395 g/mol. The van der Waals surface area contributed by atoms with Crippen LogP contribution in [-0.4, -0.2) is 55.3 Å². The fourth-order valence-corrected chi connectivity index (χ4v) is 3.61. The number of aromatic nitrogens is 1. The molecule has 9 heteroatoms. The largest absolute Gasteiger partial charge is 0.416 e. The van der Waals surface area contributed by atoms with Crippen LogP contribution in [0.4, 0.5) is 18.9 Å². The van der Waals surface area contributed by atoms with Crippen LogP contribution in [0.5, 0.6) is 0 Å². The molecule has 1 N–H and O–H groups in total. The first-order valence-corrected chi connectivity index (χ1v) is 10.2. The van der Waals surface area contributed by atoms with E-state index in [2.05, 4.69) is 15.4 Å². The van der Waals surface area contributed by atoms with Crippen molar-refractivity contribution in [1.82, 2.24) is 15.4 Å². The van der Waals surface area contributed by atoms with Crippen molar-refractivity contribution in [3.63, 3.8) is 0 Å². The number of piperazine rings is 1. The second-order valence-corrected chi connectivity index (χ2v) is 7.31. The number of guanidine groups is 1. The standard InChI is InChI=1S/C21H28F3N5O/c1-4-25-20(26-9-8-19-15(2)27-30-16(19)3)29-12-10-28(11-13-29)18-7-5-6-17(14-18)21(22,23)24/h5-7,14H,4,8-13H2,1-3H3,(H,25,26). The molecule has 164 valence electrons. The molecule has 0 aliphatic carbocycles. The molecule has 2 aromatic rings. The minimum atomic E-state index is -4.33. The SMILES string of the molecule is CCNC(=NCCc1c(C)noc1C)N1CCN(c2cccc(C(F)(F)F)c2)CC1. The van der Waals surface area contributed by atoms with Crippen molar-refractivity contribution >= 4 is 11.6 Å². The first-order chi connectivity index (χ1) is 14.3. The molecule has 0 radical (unpaired) electrons. The average molecular weight is 423 g/mol. The summed E-state index contributed by atoms with van der Waals surface area (Å²) in [5, 5.41) is 7.29. The molecule has 1 saturated heterocycles. The number of aliphatic imine (C=N–C) groups is 1. The predicted octanol–water partition coefficient (Wildman–Crippen LogP) is 3.64. The Labute approximate surface area is 174 Å². The van der Waals surface area contributed by atoms with Crippen molar-refractivity contribution in [2.75, 3.05) is 44.2 Å². The second kappa shape index (κ2) is 9.40. The normalized spacial score (nSPS) is 15.6. The number of hydrogen-bond acceptors (Lipinski definition) is 4. The molecule has 0 saturated carbocycles. The highest BCUT2D eigenvalue weighted by molar-refractivity contribution is 5.80. The van der Waals surface area contributed by atoms with E-state index < -0.39 is 11.7 Å². The Kier molecular flexibility index (Phi) is 6.89. The van der Waals surface area contributed by atoms with Gasteiger partial charge in [-0.2, -0.15) is 13.2 Å². The first-order valence-electron chi connectivity index (χ1n) is 10.2. The van der Waals surface area contributed by atoms with Crippen LogP contribution in [0.1, 0.15) is 29.5 Å². The maximum absolute atomic E-state index is 13.0. The fraction of sp³-hybridized carbons (Fsp3) is 0.524. The van der Waals surface area contributed by atoms with E-state index in [1.807, 2.05) is 25.7 Å². The Morgan fingerprint density at radius 3 is 2.53 bits per heavy atom. The molecule has 0 spiro atoms. The summed E-state index contributed by atoms with van der Waals surface area (Å²) in [6, 6.07) is 5.52. The molecule has 2 heterocycles. The van der Waals surface area contributed by atoms with Crippen molar-refractivity contribution in [3.05, 3.63) is 46.8 Å². The third kappa shape index (κ3) is 5.25. The molecule has 0 amide bonds. The van der Waals surface area contributed by atoms with Crippen LogP contribution in [0.3, 0.4) is 0 Å². The Morgan fingerprint density at radius 2 is 1.93 bits per heavy atom. The van der Waals surface area contributed by atoms with Crippen molar-refractivity contribution in [1.29, 1.82) is 0 Å². The van der Waals surface area contributed by atoms with Gasteiger partial charge in [-0.3, -0.25) is 4.99 Å². The van der Waals surface area contributed by atoms with Crippen molar-refractivity contribution < 1.29 is 17.7 Å². The first kappa shape index (κ1) is 22.0. The summed E-state index contributed by atoms with van der Waals surface area (Å²) in [7, 11) is 0. The highest BCUT2D eigenvalue weighted by Gasteiger charge is 2.31. The third-order valence-electron chi connectivity index (χ3n) is 5.26. The van der Waals surface area contributed by atoms with Crippen LogP contribution in [0, 0.1) is 13.8 Å². The lowest BCUT2D eigenvalue weighted by molar-refractivity contribution is -0.137. The average Bonchev–Trinajstić information content (AvgIpc) is 3.05. The highest BCUT2D eigenvalue weighted by Crippen LogP contribution is 2.31. The van der Waals surface area contributed by atoms with E-state index in [0.29, 0.717) is 38.4 Å². The molecule has 30 heavy (non-hydrogen) atoms. The van der Waals surface area contributed by atoms with Gasteiger partial charge in [-0.25, -0.2) is 0 Å². The number of nitrogens with zero attached hydrogens (tertiary/aromatic N) is 4. The molecule has 1 aromatic heterocycles. The Bertz CT molecular complexity index is 850. The van der Waals surface area contributed by atoms with Gasteiger partial charge in [-0.05, 0) is 45.4 Å². The number of hydrogen-bond donors (Lipinski definition) is 1. The molecule has 1 aliphatic rings. The fourth-order valence-electron chi connectivity index (χ4n) is 3.61. The highest BCUT2D eigenvalue weighted by atomic mass is 19.4. The van der Waals surface area contributed by atoms with E-state index in [1.165, 1.54) is 12.1 Å². The van der Waals surface area contributed by atoms with Crippen LogP contribution < -0.4 is 10.2 Å². The van der Waals surface area contributed by atoms with Gasteiger partial charge in [0.25, 0.3) is 0 Å². The molecule has 0 atom stereocenters. The van der Waals surface area contributed by atoms with Gasteiger partial charge < -0.3 is 19.6 Å². The van der Waals surface area contributed by atoms with Crippen LogP contribution in [0.2, 0.25) is 0 Å². The van der Waals surface area contributed by atoms with Crippen LogP contribution in [0.25, 0.3) is 0 Å². The maximum Gasteiger partial charge on any atom is 0.416 e. The maximum atomic E-state index is 13.0. The topological polar surface area (TPSA) is 56.9 Å². The summed E-state index contributed by atoms with van der Waals surface area (Å²) in [6.45, 7) is 9.84. The summed E-state index contributed by atoms with van der Waals surface area (Å²) >= 11 is 0. The lowest BCUT2D eigenvalue weighted by Gasteiger charge is -2.38. The van der Waals surface area contributed by atoms with Gasteiger partial charge in [0.15, 0.2) is 5.96 Å². The number of aryl methyl sites for hydroxylation is 2. The minimum absolute atomic E-state index is 0.602. The third-order valence-corrected chi connectivity index (χ3v) is 5.26. The number of alkyl halides is 3. The van der Waals surface area contributed by atoms with Crippen LogP contribution in [0.15, 0.2) is 33.8 Å². The summed E-state index contributed by atoms with van der Waals surface area (Å²) in [5.41, 5.74) is 1.97. The summed E-state index contributed by atoms with van der Waals surface area (Å²) in [5.74, 6) is 1.65. The lowest BCUT2D eigenvalue weighted by atomic mass is 10.1. The minimum Gasteiger partial charge on any atom is -0.368 e. The van der Waals surface area contributed by atoms with Gasteiger partial charge in [-0.1, -0.05) is 11.2 Å². The van der Waals surface area contributed by atoms with Gasteiger partial charge in [-0.15, -0.1) is 0 Å². The monoisotopic (exact) mass is 423 g/mol. The van der Waals surface area contributed by atoms with E-state index >= 15 is 0 Å². The molecular formula is C21H28F3N5O. The number of nitrogens with one attached hydrogen (secondary N) is 1. The van der Waals surface area contributed by atoms with E-state index in [9.17, 15) is 13.2 Å². The van der Waals surface area contributed by atoms with E-state index in [4.69, 9.17) is 9.52 Å². The second-order valence-electron chi connectivity index (χ2n) is 7.31. The van der Waals surface area contributed by atoms with Gasteiger partial charge in [0.1, 0.15) is 5.76 Å². The van der Waals surface area contributed by atoms with Crippen LogP contribution in [-0.2, 0) is 12.6 Å². The quantitative estimate of drug-likeness (QED) is 0.588.